The SMILES string of the molecule is CC1(C)CN(C(=O)OCc2ccccc2)[C@@H]2N1C(=O)[C@@]2(C)OCCCO[C@]1(C)C(=O)N2[C@H]1N(C(=O)OCc1ccccc1)CC2(C)C. The van der Waals surface area contributed by atoms with Crippen LogP contribution in [0.25, 0.3) is 0 Å². The van der Waals surface area contributed by atoms with Gasteiger partial charge in [-0.1, -0.05) is 60.7 Å². The zero-order valence-corrected chi connectivity index (χ0v) is 27.9. The third kappa shape index (κ3) is 5.50. The van der Waals surface area contributed by atoms with Crippen LogP contribution in [-0.4, -0.2) is 105 Å². The lowest BCUT2D eigenvalue weighted by molar-refractivity contribution is -0.221. The smallest absolute Gasteiger partial charge is 0.411 e. The number of hydrogen-bond acceptors (Lipinski definition) is 8. The fourth-order valence-electron chi connectivity index (χ4n) is 7.36. The molecule has 4 saturated heterocycles. The van der Waals surface area contributed by atoms with Crippen molar-refractivity contribution in [2.75, 3.05) is 26.3 Å². The van der Waals surface area contributed by atoms with Crippen LogP contribution < -0.4 is 0 Å². The predicted molar refractivity (Wildman–Crippen MR) is 169 cm³/mol. The van der Waals surface area contributed by atoms with Crippen LogP contribution in [0.1, 0.15) is 59.1 Å². The van der Waals surface area contributed by atoms with Crippen LogP contribution in [-0.2, 0) is 41.8 Å². The van der Waals surface area contributed by atoms with Crippen LogP contribution in [0.5, 0.6) is 0 Å². The maximum Gasteiger partial charge on any atom is 0.411 e. The van der Waals surface area contributed by atoms with E-state index in [2.05, 4.69) is 0 Å². The first-order valence-corrected chi connectivity index (χ1v) is 16.1. The molecule has 4 heterocycles. The zero-order valence-electron chi connectivity index (χ0n) is 27.9. The third-order valence-electron chi connectivity index (χ3n) is 9.74. The summed E-state index contributed by atoms with van der Waals surface area (Å²) in [4.78, 5) is 59.6. The largest absolute Gasteiger partial charge is 0.444 e. The van der Waals surface area contributed by atoms with Gasteiger partial charge in [0.25, 0.3) is 11.8 Å². The number of benzene rings is 2. The van der Waals surface area contributed by atoms with Crippen molar-refractivity contribution < 1.29 is 38.1 Å². The van der Waals surface area contributed by atoms with E-state index in [-0.39, 0.29) is 38.2 Å². The van der Waals surface area contributed by atoms with E-state index in [0.29, 0.717) is 19.5 Å². The van der Waals surface area contributed by atoms with E-state index in [4.69, 9.17) is 18.9 Å². The monoisotopic (exact) mass is 648 g/mol. The molecule has 4 amide bonds. The molecule has 6 rings (SSSR count). The minimum atomic E-state index is -1.25. The van der Waals surface area contributed by atoms with Gasteiger partial charge in [-0.25, -0.2) is 9.59 Å². The summed E-state index contributed by atoms with van der Waals surface area (Å²) >= 11 is 0. The van der Waals surface area contributed by atoms with E-state index in [1.807, 2.05) is 88.4 Å². The first-order valence-electron chi connectivity index (χ1n) is 16.1. The molecule has 0 aliphatic carbocycles. The Morgan fingerprint density at radius 2 is 1.00 bits per heavy atom. The standard InChI is InChI=1S/C35H44N4O8/c1-32(2)22-36(30(42)44-20-24-14-9-7-10-15-24)26-34(5,28(40)38(26)32)46-18-13-19-47-35(6)27-37(23-33(3,4)39(27)29(35)41)31(43)45-21-25-16-11-8-12-17-25/h7-12,14-17,26-27H,13,18-23H2,1-6H3/t26-,27-,34+,35+/m1/s1. The lowest BCUT2D eigenvalue weighted by Gasteiger charge is -2.55. The van der Waals surface area contributed by atoms with E-state index in [9.17, 15) is 19.2 Å². The molecule has 12 nitrogen and oxygen atoms in total. The summed E-state index contributed by atoms with van der Waals surface area (Å²) in [6.45, 7) is 12.3. The number of hydrogen-bond donors (Lipinski definition) is 0. The molecule has 4 fully saturated rings. The Balaban J connectivity index is 1.04. The molecule has 0 aromatic heterocycles. The zero-order chi connectivity index (χ0) is 33.8. The first kappa shape index (κ1) is 32.8. The van der Waals surface area contributed by atoms with E-state index in [1.54, 1.807) is 33.4 Å². The van der Waals surface area contributed by atoms with Crippen molar-refractivity contribution in [1.29, 1.82) is 0 Å². The lowest BCUT2D eigenvalue weighted by Crippen LogP contribution is -2.77. The van der Waals surface area contributed by atoms with Crippen LogP contribution >= 0.6 is 0 Å². The molecule has 12 heteroatoms. The number of amides is 4. The normalized spacial score (nSPS) is 28.4. The third-order valence-corrected chi connectivity index (χ3v) is 9.74. The van der Waals surface area contributed by atoms with Crippen LogP contribution in [0, 0.1) is 0 Å². The van der Waals surface area contributed by atoms with Crippen LogP contribution in [0.15, 0.2) is 60.7 Å². The fraction of sp³-hybridized carbons (Fsp3) is 0.543. The van der Waals surface area contributed by atoms with Crippen LogP contribution in [0.2, 0.25) is 0 Å². The van der Waals surface area contributed by atoms with Gasteiger partial charge in [0.2, 0.25) is 0 Å². The summed E-state index contributed by atoms with van der Waals surface area (Å²) in [7, 11) is 0. The van der Waals surface area contributed by atoms with E-state index < -0.39 is 46.8 Å². The Labute approximate surface area is 275 Å². The molecule has 0 radical (unpaired) electrons. The van der Waals surface area contributed by atoms with Gasteiger partial charge in [-0.15, -0.1) is 0 Å². The van der Waals surface area contributed by atoms with E-state index in [1.165, 1.54) is 0 Å². The van der Waals surface area contributed by atoms with E-state index >= 15 is 0 Å². The molecule has 4 aliphatic heterocycles. The molecule has 4 atom stereocenters. The number of carbonyl (C=O) groups is 4. The molecule has 47 heavy (non-hydrogen) atoms. The number of carbonyl (C=O) groups excluding carboxylic acids is 4. The van der Waals surface area contributed by atoms with Crippen molar-refractivity contribution in [2.24, 2.45) is 0 Å². The second-order valence-corrected chi connectivity index (χ2v) is 14.3. The van der Waals surface area contributed by atoms with Gasteiger partial charge in [-0.2, -0.15) is 0 Å². The summed E-state index contributed by atoms with van der Waals surface area (Å²) in [5.41, 5.74) is -1.91. The second-order valence-electron chi connectivity index (χ2n) is 14.3. The number of rotatable bonds is 10. The Hall–Kier alpha value is -4.16. The molecular weight excluding hydrogens is 604 g/mol. The van der Waals surface area contributed by atoms with Gasteiger partial charge in [0.15, 0.2) is 11.2 Å². The highest BCUT2D eigenvalue weighted by molar-refractivity contribution is 5.96. The molecule has 0 bridgehead atoms. The lowest BCUT2D eigenvalue weighted by atomic mass is 9.86. The molecule has 2 aromatic carbocycles. The number of ether oxygens (including phenoxy) is 4. The summed E-state index contributed by atoms with van der Waals surface area (Å²) in [6.07, 6.45) is -1.84. The molecule has 4 aliphatic rings. The summed E-state index contributed by atoms with van der Waals surface area (Å²) < 4.78 is 23.6. The van der Waals surface area contributed by atoms with Crippen molar-refractivity contribution in [1.82, 2.24) is 19.6 Å². The van der Waals surface area contributed by atoms with Gasteiger partial charge in [0.1, 0.15) is 25.5 Å². The van der Waals surface area contributed by atoms with Gasteiger partial charge in [-0.3, -0.25) is 19.4 Å². The van der Waals surface area contributed by atoms with Crippen LogP contribution in [0.4, 0.5) is 9.59 Å². The molecule has 0 N–H and O–H groups in total. The quantitative estimate of drug-likeness (QED) is 0.279. The van der Waals surface area contributed by atoms with Crippen molar-refractivity contribution in [3.05, 3.63) is 71.8 Å². The van der Waals surface area contributed by atoms with Crippen molar-refractivity contribution in [3.8, 4) is 0 Å². The Bertz CT molecular complexity index is 1420. The van der Waals surface area contributed by atoms with E-state index in [0.717, 1.165) is 11.1 Å². The molecule has 0 unspecified atom stereocenters. The van der Waals surface area contributed by atoms with Gasteiger partial charge >= 0.3 is 12.2 Å². The Morgan fingerprint density at radius 3 is 1.36 bits per heavy atom. The van der Waals surface area contributed by atoms with Crippen molar-refractivity contribution in [2.45, 2.75) is 95.8 Å². The highest BCUT2D eigenvalue weighted by Gasteiger charge is 2.71. The molecule has 0 saturated carbocycles. The summed E-state index contributed by atoms with van der Waals surface area (Å²) in [5.74, 6) is -0.386. The molecule has 2 aromatic rings. The molecular formula is C35H44N4O8. The number of fused-ring (bicyclic) bond motifs is 2. The Kier molecular flexibility index (Phi) is 8.24. The van der Waals surface area contributed by atoms with Gasteiger partial charge in [-0.05, 0) is 59.1 Å². The highest BCUT2D eigenvalue weighted by Crippen LogP contribution is 2.48. The molecule has 252 valence electrons. The minimum absolute atomic E-state index is 0.126. The fourth-order valence-corrected chi connectivity index (χ4v) is 7.36. The predicted octanol–water partition coefficient (Wildman–Crippen LogP) is 4.13. The van der Waals surface area contributed by atoms with Gasteiger partial charge < -0.3 is 28.7 Å². The van der Waals surface area contributed by atoms with Crippen molar-refractivity contribution in [3.63, 3.8) is 0 Å². The molecule has 0 spiro atoms. The summed E-state index contributed by atoms with van der Waals surface area (Å²) in [6, 6.07) is 18.8. The Morgan fingerprint density at radius 1 is 0.638 bits per heavy atom. The van der Waals surface area contributed by atoms with Crippen molar-refractivity contribution >= 4 is 24.0 Å². The first-order chi connectivity index (χ1) is 22.2. The van der Waals surface area contributed by atoms with Gasteiger partial charge in [0, 0.05) is 13.1 Å². The highest BCUT2D eigenvalue weighted by atomic mass is 16.6. The second kappa shape index (κ2) is 11.8. The number of nitrogens with zero attached hydrogens (tertiary/aromatic N) is 4. The summed E-state index contributed by atoms with van der Waals surface area (Å²) in [5, 5.41) is 0. The average molecular weight is 649 g/mol. The average Bonchev–Trinajstić information content (AvgIpc) is 3.49. The van der Waals surface area contributed by atoms with Crippen LogP contribution in [0.3, 0.4) is 0 Å². The topological polar surface area (TPSA) is 118 Å². The minimum Gasteiger partial charge on any atom is -0.444 e. The number of β-lactam (4-membered cyclic amide) rings is 2. The van der Waals surface area contributed by atoms with Gasteiger partial charge in [0.05, 0.1) is 24.3 Å². The maximum atomic E-state index is 13.4. The maximum absolute atomic E-state index is 13.4.